The van der Waals surface area contributed by atoms with Gasteiger partial charge in [-0.05, 0) is 48.9 Å². The first-order valence-corrected chi connectivity index (χ1v) is 8.84. The van der Waals surface area contributed by atoms with E-state index in [1.807, 2.05) is 61.5 Å². The summed E-state index contributed by atoms with van der Waals surface area (Å²) >= 11 is 5.91. The lowest BCUT2D eigenvalue weighted by atomic mass is 10.2. The van der Waals surface area contributed by atoms with Gasteiger partial charge in [0.1, 0.15) is 5.82 Å². The van der Waals surface area contributed by atoms with Crippen LogP contribution in [0.2, 0.25) is 5.02 Å². The topological polar surface area (TPSA) is 78.9 Å². The number of carbonyl (C=O) groups excluding carboxylic acids is 1. The molecule has 1 heterocycles. The molecule has 1 amide bonds. The quantitative estimate of drug-likeness (QED) is 0.574. The number of halogens is 1. The number of nitrogens with one attached hydrogen (secondary N) is 3. The maximum Gasteiger partial charge on any atom is 0.229 e. The highest BCUT2D eigenvalue weighted by molar-refractivity contribution is 6.30. The molecule has 0 radical (unpaired) electrons. The molecule has 3 aromatic rings. The Hall–Kier alpha value is -3.12. The average Bonchev–Trinajstić information content (AvgIpc) is 2.62. The van der Waals surface area contributed by atoms with Gasteiger partial charge in [0.25, 0.3) is 0 Å². The third-order valence-corrected chi connectivity index (χ3v) is 3.95. The van der Waals surface area contributed by atoms with Crippen LogP contribution in [0.25, 0.3) is 0 Å². The lowest BCUT2D eigenvalue weighted by molar-refractivity contribution is -0.114. The van der Waals surface area contributed by atoms with Crippen LogP contribution in [0.15, 0.2) is 54.6 Å². The Labute approximate surface area is 163 Å². The third kappa shape index (κ3) is 5.69. The third-order valence-electron chi connectivity index (χ3n) is 3.70. The summed E-state index contributed by atoms with van der Waals surface area (Å²) in [6.07, 6.45) is 0. The van der Waals surface area contributed by atoms with E-state index in [9.17, 15) is 4.79 Å². The van der Waals surface area contributed by atoms with Gasteiger partial charge in [0, 0.05) is 41.6 Å². The van der Waals surface area contributed by atoms with Crippen LogP contribution in [-0.2, 0) is 11.3 Å². The Bertz CT molecular complexity index is 926. The van der Waals surface area contributed by atoms with Crippen LogP contribution >= 0.6 is 11.6 Å². The van der Waals surface area contributed by atoms with E-state index in [0.717, 1.165) is 28.5 Å². The van der Waals surface area contributed by atoms with Crippen LogP contribution in [0.5, 0.6) is 0 Å². The predicted molar refractivity (Wildman–Crippen MR) is 110 cm³/mol. The molecule has 1 aromatic heterocycles. The van der Waals surface area contributed by atoms with E-state index in [-0.39, 0.29) is 5.91 Å². The molecule has 0 aliphatic carbocycles. The summed E-state index contributed by atoms with van der Waals surface area (Å²) < 4.78 is 0. The molecule has 0 unspecified atom stereocenters. The smallest absolute Gasteiger partial charge is 0.229 e. The molecule has 2 aromatic carbocycles. The summed E-state index contributed by atoms with van der Waals surface area (Å²) in [7, 11) is 0. The normalized spacial score (nSPS) is 10.3. The van der Waals surface area contributed by atoms with Crippen LogP contribution in [-0.4, -0.2) is 15.9 Å². The number of hydrogen-bond acceptors (Lipinski definition) is 5. The highest BCUT2D eigenvalue weighted by atomic mass is 35.5. The fraction of sp³-hybridized carbons (Fsp3) is 0.150. The Morgan fingerprint density at radius 1 is 1.00 bits per heavy atom. The molecule has 0 saturated carbocycles. The lowest BCUT2D eigenvalue weighted by Crippen LogP contribution is -2.06. The van der Waals surface area contributed by atoms with Crippen molar-refractivity contribution in [3.8, 4) is 0 Å². The number of amides is 1. The Morgan fingerprint density at radius 3 is 2.33 bits per heavy atom. The SMILES string of the molecule is CC(=O)Nc1ccc(Nc2nc(C)cc(NCc3ccc(Cl)cc3)n2)cc1. The Kier molecular flexibility index (Phi) is 5.88. The van der Waals surface area contributed by atoms with Crippen molar-refractivity contribution in [1.82, 2.24) is 9.97 Å². The van der Waals surface area contributed by atoms with Gasteiger partial charge in [-0.25, -0.2) is 4.98 Å². The van der Waals surface area contributed by atoms with Gasteiger partial charge in [-0.15, -0.1) is 0 Å². The molecule has 27 heavy (non-hydrogen) atoms. The van der Waals surface area contributed by atoms with Crippen LogP contribution in [0.3, 0.4) is 0 Å². The van der Waals surface area contributed by atoms with Gasteiger partial charge in [-0.1, -0.05) is 23.7 Å². The molecule has 7 heteroatoms. The molecule has 138 valence electrons. The van der Waals surface area contributed by atoms with Crippen LogP contribution in [0, 0.1) is 6.92 Å². The predicted octanol–water partition coefficient (Wildman–Crippen LogP) is 4.75. The highest BCUT2D eigenvalue weighted by Crippen LogP contribution is 2.19. The minimum atomic E-state index is -0.103. The van der Waals surface area contributed by atoms with E-state index < -0.39 is 0 Å². The van der Waals surface area contributed by atoms with Gasteiger partial charge >= 0.3 is 0 Å². The van der Waals surface area contributed by atoms with Gasteiger partial charge in [-0.2, -0.15) is 4.98 Å². The van der Waals surface area contributed by atoms with Crippen LogP contribution in [0.4, 0.5) is 23.1 Å². The summed E-state index contributed by atoms with van der Waals surface area (Å²) in [5.74, 6) is 1.13. The minimum absolute atomic E-state index is 0.103. The second-order valence-corrected chi connectivity index (χ2v) is 6.52. The molecule has 0 fully saturated rings. The van der Waals surface area contributed by atoms with Crippen molar-refractivity contribution in [3.05, 3.63) is 70.9 Å². The minimum Gasteiger partial charge on any atom is -0.366 e. The molecule has 3 rings (SSSR count). The van der Waals surface area contributed by atoms with E-state index >= 15 is 0 Å². The molecular formula is C20H20ClN5O. The van der Waals surface area contributed by atoms with E-state index in [4.69, 9.17) is 11.6 Å². The van der Waals surface area contributed by atoms with E-state index in [1.165, 1.54) is 6.92 Å². The number of aryl methyl sites for hydroxylation is 1. The first-order valence-electron chi connectivity index (χ1n) is 8.46. The summed E-state index contributed by atoms with van der Waals surface area (Å²) in [4.78, 5) is 20.0. The molecule has 0 spiro atoms. The number of anilines is 4. The van der Waals surface area contributed by atoms with Gasteiger partial charge in [-0.3, -0.25) is 4.79 Å². The maximum absolute atomic E-state index is 11.1. The highest BCUT2D eigenvalue weighted by Gasteiger charge is 2.04. The first-order chi connectivity index (χ1) is 13.0. The number of benzene rings is 2. The monoisotopic (exact) mass is 381 g/mol. The van der Waals surface area contributed by atoms with Crippen molar-refractivity contribution in [1.29, 1.82) is 0 Å². The summed E-state index contributed by atoms with van der Waals surface area (Å²) in [6, 6.07) is 16.9. The molecule has 3 N–H and O–H groups in total. The number of nitrogens with zero attached hydrogens (tertiary/aromatic N) is 2. The number of carbonyl (C=O) groups is 1. The second kappa shape index (κ2) is 8.51. The molecule has 0 atom stereocenters. The van der Waals surface area contributed by atoms with Gasteiger partial charge < -0.3 is 16.0 Å². The molecule has 0 aliphatic heterocycles. The van der Waals surface area contributed by atoms with E-state index in [0.29, 0.717) is 17.5 Å². The zero-order valence-corrected chi connectivity index (χ0v) is 15.8. The van der Waals surface area contributed by atoms with Gasteiger partial charge in [0.15, 0.2) is 0 Å². The first kappa shape index (κ1) is 18.7. The zero-order valence-electron chi connectivity index (χ0n) is 15.1. The van der Waals surface area contributed by atoms with Crippen molar-refractivity contribution < 1.29 is 4.79 Å². The Balaban J connectivity index is 1.67. The maximum atomic E-state index is 11.1. The number of hydrogen-bond donors (Lipinski definition) is 3. The molecule has 0 bridgehead atoms. The number of aromatic nitrogens is 2. The fourth-order valence-corrected chi connectivity index (χ4v) is 2.61. The fourth-order valence-electron chi connectivity index (χ4n) is 2.48. The molecule has 6 nitrogen and oxygen atoms in total. The second-order valence-electron chi connectivity index (χ2n) is 6.08. The molecular weight excluding hydrogens is 362 g/mol. The largest absolute Gasteiger partial charge is 0.366 e. The van der Waals surface area contributed by atoms with Crippen LogP contribution in [0.1, 0.15) is 18.2 Å². The summed E-state index contributed by atoms with van der Waals surface area (Å²) in [5.41, 5.74) is 3.53. The van der Waals surface area contributed by atoms with Crippen molar-refractivity contribution in [2.75, 3.05) is 16.0 Å². The standard InChI is InChI=1S/C20H20ClN5O/c1-13-11-19(22-12-15-3-5-16(21)6-4-15)26-20(23-13)25-18-9-7-17(8-10-18)24-14(2)27/h3-11H,12H2,1-2H3,(H,24,27)(H2,22,23,25,26). The Morgan fingerprint density at radius 2 is 1.67 bits per heavy atom. The van der Waals surface area contributed by atoms with Crippen molar-refractivity contribution in [2.45, 2.75) is 20.4 Å². The van der Waals surface area contributed by atoms with Gasteiger partial charge in [0.2, 0.25) is 11.9 Å². The van der Waals surface area contributed by atoms with Crippen molar-refractivity contribution in [2.24, 2.45) is 0 Å². The van der Waals surface area contributed by atoms with Crippen LogP contribution < -0.4 is 16.0 Å². The van der Waals surface area contributed by atoms with Crippen molar-refractivity contribution >= 4 is 40.6 Å². The van der Waals surface area contributed by atoms with E-state index in [2.05, 4.69) is 25.9 Å². The molecule has 0 aliphatic rings. The lowest BCUT2D eigenvalue weighted by Gasteiger charge is -2.11. The molecule has 0 saturated heterocycles. The van der Waals surface area contributed by atoms with Gasteiger partial charge in [0.05, 0.1) is 0 Å². The summed E-state index contributed by atoms with van der Waals surface area (Å²) in [6.45, 7) is 4.03. The van der Waals surface area contributed by atoms with Crippen molar-refractivity contribution in [3.63, 3.8) is 0 Å². The average molecular weight is 382 g/mol. The zero-order chi connectivity index (χ0) is 19.2. The van der Waals surface area contributed by atoms with E-state index in [1.54, 1.807) is 0 Å². The number of rotatable bonds is 6. The summed E-state index contributed by atoms with van der Waals surface area (Å²) in [5, 5.41) is 9.92.